The van der Waals surface area contributed by atoms with Crippen LogP contribution in [0.15, 0.2) is 40.0 Å². The number of anilines is 2. The summed E-state index contributed by atoms with van der Waals surface area (Å²) in [5, 5.41) is 0. The van der Waals surface area contributed by atoms with Gasteiger partial charge in [-0.25, -0.2) is 22.2 Å². The van der Waals surface area contributed by atoms with Crippen molar-refractivity contribution in [3.63, 3.8) is 0 Å². The van der Waals surface area contributed by atoms with Crippen molar-refractivity contribution in [3.8, 4) is 0 Å². The molecule has 0 unspecified atom stereocenters. The van der Waals surface area contributed by atoms with Crippen LogP contribution >= 0.6 is 15.9 Å². The lowest BCUT2D eigenvalue weighted by Gasteiger charge is -2.10. The summed E-state index contributed by atoms with van der Waals surface area (Å²) < 4.78 is 53.4. The summed E-state index contributed by atoms with van der Waals surface area (Å²) in [7, 11) is -4.22. The van der Waals surface area contributed by atoms with Crippen LogP contribution in [-0.2, 0) is 10.0 Å². The van der Waals surface area contributed by atoms with Crippen molar-refractivity contribution in [1.29, 1.82) is 0 Å². The second-order valence-corrected chi connectivity index (χ2v) is 6.21. The third kappa shape index (κ3) is 2.88. The molecule has 106 valence electrons. The fourth-order valence-electron chi connectivity index (χ4n) is 1.40. The first-order valence-electron chi connectivity index (χ1n) is 5.19. The molecular weight excluding hydrogens is 356 g/mol. The molecule has 0 spiro atoms. The highest BCUT2D eigenvalue weighted by molar-refractivity contribution is 9.10. The van der Waals surface area contributed by atoms with Gasteiger partial charge in [-0.2, -0.15) is 0 Å². The van der Waals surface area contributed by atoms with Gasteiger partial charge in [0.25, 0.3) is 10.0 Å². The van der Waals surface area contributed by atoms with E-state index >= 15 is 0 Å². The molecule has 0 fully saturated rings. The largest absolute Gasteiger partial charge is 0.394 e. The van der Waals surface area contributed by atoms with E-state index in [0.717, 1.165) is 12.1 Å². The number of pyridine rings is 1. The minimum Gasteiger partial charge on any atom is -0.394 e. The molecule has 0 bridgehead atoms. The quantitative estimate of drug-likeness (QED) is 0.648. The number of sulfonamides is 1. The number of hydrogen-bond donors (Lipinski definition) is 2. The van der Waals surface area contributed by atoms with Crippen LogP contribution in [0.2, 0.25) is 0 Å². The second kappa shape index (κ2) is 5.33. The highest BCUT2D eigenvalue weighted by Gasteiger charge is 2.22. The van der Waals surface area contributed by atoms with Gasteiger partial charge in [0.05, 0.1) is 11.9 Å². The molecule has 2 aromatic rings. The van der Waals surface area contributed by atoms with Crippen LogP contribution in [0.1, 0.15) is 0 Å². The number of nitrogens with one attached hydrogen (secondary N) is 1. The standard InChI is InChI=1S/C11H8BrF2N3O2S/c12-9-4-1-6(5-16-9)17-20(18,19)8-3-2-7(13)11(15)10(8)14/h1-5,17H,15H2. The topological polar surface area (TPSA) is 85.1 Å². The molecule has 3 N–H and O–H groups in total. The predicted molar refractivity (Wildman–Crippen MR) is 73.5 cm³/mol. The van der Waals surface area contributed by atoms with Gasteiger partial charge >= 0.3 is 0 Å². The van der Waals surface area contributed by atoms with Crippen molar-refractivity contribution in [2.45, 2.75) is 4.90 Å². The monoisotopic (exact) mass is 363 g/mol. The number of nitrogens with two attached hydrogens (primary N) is 1. The highest BCUT2D eigenvalue weighted by atomic mass is 79.9. The van der Waals surface area contributed by atoms with Crippen LogP contribution < -0.4 is 10.5 Å². The Morgan fingerprint density at radius 3 is 2.50 bits per heavy atom. The Balaban J connectivity index is 2.41. The molecule has 0 aliphatic carbocycles. The molecule has 1 heterocycles. The van der Waals surface area contributed by atoms with Gasteiger partial charge in [-0.05, 0) is 40.2 Å². The molecule has 0 aliphatic rings. The van der Waals surface area contributed by atoms with Crippen molar-refractivity contribution in [2.24, 2.45) is 0 Å². The Bertz CT molecular complexity index is 751. The molecule has 9 heteroatoms. The first kappa shape index (κ1) is 14.7. The number of benzene rings is 1. The SMILES string of the molecule is Nc1c(F)ccc(S(=O)(=O)Nc2ccc(Br)nc2)c1F. The summed E-state index contributed by atoms with van der Waals surface area (Å²) >= 11 is 3.09. The van der Waals surface area contributed by atoms with Gasteiger partial charge in [0.2, 0.25) is 0 Å². The number of nitrogens with zero attached hydrogens (tertiary/aromatic N) is 1. The molecule has 1 aromatic carbocycles. The zero-order chi connectivity index (χ0) is 14.9. The molecule has 2 rings (SSSR count). The fourth-order valence-corrected chi connectivity index (χ4v) is 2.77. The molecule has 0 atom stereocenters. The van der Waals surface area contributed by atoms with Crippen molar-refractivity contribution >= 4 is 37.3 Å². The van der Waals surface area contributed by atoms with E-state index in [1.54, 1.807) is 0 Å². The number of aromatic nitrogens is 1. The minimum atomic E-state index is -4.22. The number of halogens is 3. The molecule has 5 nitrogen and oxygen atoms in total. The van der Waals surface area contributed by atoms with E-state index in [1.165, 1.54) is 18.3 Å². The van der Waals surface area contributed by atoms with Gasteiger partial charge in [0.15, 0.2) is 5.82 Å². The van der Waals surface area contributed by atoms with Gasteiger partial charge in [-0.1, -0.05) is 0 Å². The third-order valence-corrected chi connectivity index (χ3v) is 4.23. The zero-order valence-electron chi connectivity index (χ0n) is 9.77. The number of hydrogen-bond acceptors (Lipinski definition) is 4. The average Bonchev–Trinajstić information content (AvgIpc) is 2.38. The van der Waals surface area contributed by atoms with Crippen LogP contribution in [0.4, 0.5) is 20.2 Å². The van der Waals surface area contributed by atoms with Crippen LogP contribution in [0.25, 0.3) is 0 Å². The fraction of sp³-hybridized carbons (Fsp3) is 0. The number of nitrogen functional groups attached to an aromatic ring is 1. The van der Waals surface area contributed by atoms with Crippen LogP contribution in [-0.4, -0.2) is 13.4 Å². The van der Waals surface area contributed by atoms with Crippen molar-refractivity contribution < 1.29 is 17.2 Å². The van der Waals surface area contributed by atoms with Gasteiger partial charge in [0, 0.05) is 0 Å². The van der Waals surface area contributed by atoms with Crippen molar-refractivity contribution in [2.75, 3.05) is 10.5 Å². The molecule has 0 amide bonds. The maximum absolute atomic E-state index is 13.7. The summed E-state index contributed by atoms with van der Waals surface area (Å²) in [5.74, 6) is -2.35. The third-order valence-electron chi connectivity index (χ3n) is 2.36. The summed E-state index contributed by atoms with van der Waals surface area (Å²) in [6.45, 7) is 0. The smallest absolute Gasteiger partial charge is 0.264 e. The summed E-state index contributed by atoms with van der Waals surface area (Å²) in [4.78, 5) is 3.09. The molecule has 0 radical (unpaired) electrons. The first-order chi connectivity index (χ1) is 9.31. The van der Waals surface area contributed by atoms with E-state index in [2.05, 4.69) is 25.6 Å². The maximum Gasteiger partial charge on any atom is 0.264 e. The van der Waals surface area contributed by atoms with Crippen LogP contribution in [0.5, 0.6) is 0 Å². The van der Waals surface area contributed by atoms with E-state index in [-0.39, 0.29) is 5.69 Å². The number of rotatable bonds is 3. The van der Waals surface area contributed by atoms with Gasteiger partial charge in [0.1, 0.15) is 21.0 Å². The first-order valence-corrected chi connectivity index (χ1v) is 7.47. The molecule has 0 aliphatic heterocycles. The Labute approximate surface area is 122 Å². The van der Waals surface area contributed by atoms with E-state index in [0.29, 0.717) is 4.60 Å². The van der Waals surface area contributed by atoms with Crippen LogP contribution in [0.3, 0.4) is 0 Å². The highest BCUT2D eigenvalue weighted by Crippen LogP contribution is 2.24. The molecule has 1 aromatic heterocycles. The van der Waals surface area contributed by atoms with Gasteiger partial charge in [-0.15, -0.1) is 0 Å². The van der Waals surface area contributed by atoms with Gasteiger partial charge in [-0.3, -0.25) is 4.72 Å². The zero-order valence-corrected chi connectivity index (χ0v) is 12.2. The molecule has 0 saturated heterocycles. The van der Waals surface area contributed by atoms with Crippen LogP contribution in [0, 0.1) is 11.6 Å². The van der Waals surface area contributed by atoms with Crippen molar-refractivity contribution in [1.82, 2.24) is 4.98 Å². The van der Waals surface area contributed by atoms with Gasteiger partial charge < -0.3 is 5.73 Å². The van der Waals surface area contributed by atoms with E-state index in [1.807, 2.05) is 0 Å². The lowest BCUT2D eigenvalue weighted by atomic mass is 10.3. The molecule has 0 saturated carbocycles. The summed E-state index contributed by atoms with van der Waals surface area (Å²) in [6, 6.07) is 4.52. The van der Waals surface area contributed by atoms with Crippen molar-refractivity contribution in [3.05, 3.63) is 46.7 Å². The summed E-state index contributed by atoms with van der Waals surface area (Å²) in [5.41, 5.74) is 4.42. The normalized spacial score (nSPS) is 11.3. The Kier molecular flexibility index (Phi) is 3.91. The Morgan fingerprint density at radius 2 is 1.90 bits per heavy atom. The average molecular weight is 364 g/mol. The molecule has 20 heavy (non-hydrogen) atoms. The lowest BCUT2D eigenvalue weighted by Crippen LogP contribution is -2.16. The summed E-state index contributed by atoms with van der Waals surface area (Å²) in [6.07, 6.45) is 1.24. The Hall–Kier alpha value is -1.74. The van der Waals surface area contributed by atoms with E-state index < -0.39 is 32.2 Å². The van der Waals surface area contributed by atoms with E-state index in [4.69, 9.17) is 5.73 Å². The van der Waals surface area contributed by atoms with E-state index in [9.17, 15) is 17.2 Å². The second-order valence-electron chi connectivity index (χ2n) is 3.75. The predicted octanol–water partition coefficient (Wildman–Crippen LogP) is 2.51. The Morgan fingerprint density at radius 1 is 1.20 bits per heavy atom. The maximum atomic E-state index is 13.7. The minimum absolute atomic E-state index is 0.135. The lowest BCUT2D eigenvalue weighted by molar-refractivity contribution is 0.557. The molecular formula is C11H8BrF2N3O2S.